The van der Waals surface area contributed by atoms with Crippen molar-refractivity contribution in [3.8, 4) is 0 Å². The number of fused-ring (bicyclic) bond motifs is 2. The molecule has 2 saturated heterocycles. The van der Waals surface area contributed by atoms with Crippen LogP contribution in [-0.2, 0) is 4.74 Å². The van der Waals surface area contributed by atoms with Crippen LogP contribution in [0.1, 0.15) is 19.3 Å². The van der Waals surface area contributed by atoms with Crippen LogP contribution in [-0.4, -0.2) is 35.3 Å². The van der Waals surface area contributed by atoms with Gasteiger partial charge in [0.1, 0.15) is 5.02 Å². The number of halogens is 1. The summed E-state index contributed by atoms with van der Waals surface area (Å²) in [7, 11) is 1.79. The molecule has 2 fully saturated rings. The fourth-order valence-electron chi connectivity index (χ4n) is 2.55. The summed E-state index contributed by atoms with van der Waals surface area (Å²) >= 11 is 6.08. The zero-order valence-corrected chi connectivity index (χ0v) is 10.4. The average molecular weight is 255 g/mol. The third-order valence-electron chi connectivity index (χ3n) is 3.40. The molecule has 6 heteroatoms. The molecule has 3 unspecified atom stereocenters. The third kappa shape index (κ3) is 2.05. The van der Waals surface area contributed by atoms with Crippen LogP contribution in [0.4, 0.5) is 11.8 Å². The van der Waals surface area contributed by atoms with E-state index in [2.05, 4.69) is 20.6 Å². The highest BCUT2D eigenvalue weighted by molar-refractivity contribution is 6.32. The molecule has 0 spiro atoms. The Balaban J connectivity index is 1.76. The van der Waals surface area contributed by atoms with Crippen molar-refractivity contribution in [2.75, 3.05) is 17.7 Å². The van der Waals surface area contributed by atoms with E-state index in [-0.39, 0.29) is 0 Å². The minimum Gasteiger partial charge on any atom is -0.373 e. The Morgan fingerprint density at radius 2 is 2.35 bits per heavy atom. The molecule has 92 valence electrons. The van der Waals surface area contributed by atoms with Gasteiger partial charge in [-0.2, -0.15) is 4.98 Å². The Kier molecular flexibility index (Phi) is 2.80. The van der Waals surface area contributed by atoms with Crippen LogP contribution in [0.15, 0.2) is 6.20 Å². The molecule has 2 aliphatic rings. The van der Waals surface area contributed by atoms with Gasteiger partial charge in [0.05, 0.1) is 24.4 Å². The third-order valence-corrected chi connectivity index (χ3v) is 3.67. The molecule has 1 aromatic heterocycles. The average Bonchev–Trinajstić information content (AvgIpc) is 2.94. The molecule has 2 N–H and O–H groups in total. The number of ether oxygens (including phenoxy) is 1. The van der Waals surface area contributed by atoms with Crippen molar-refractivity contribution >= 4 is 23.4 Å². The molecular weight excluding hydrogens is 240 g/mol. The van der Waals surface area contributed by atoms with Crippen LogP contribution in [0.3, 0.4) is 0 Å². The van der Waals surface area contributed by atoms with E-state index in [1.807, 2.05) is 0 Å². The van der Waals surface area contributed by atoms with Gasteiger partial charge in [0.15, 0.2) is 5.82 Å². The topological polar surface area (TPSA) is 59.1 Å². The van der Waals surface area contributed by atoms with E-state index >= 15 is 0 Å². The second-order valence-corrected chi connectivity index (χ2v) is 4.91. The van der Waals surface area contributed by atoms with Gasteiger partial charge in [0.25, 0.3) is 0 Å². The van der Waals surface area contributed by atoms with Gasteiger partial charge in [-0.1, -0.05) is 11.6 Å². The maximum absolute atomic E-state index is 6.08. The summed E-state index contributed by atoms with van der Waals surface area (Å²) in [4.78, 5) is 8.37. The van der Waals surface area contributed by atoms with Crippen molar-refractivity contribution in [3.63, 3.8) is 0 Å². The van der Waals surface area contributed by atoms with Crippen LogP contribution in [0.5, 0.6) is 0 Å². The number of nitrogens with zero attached hydrogens (tertiary/aromatic N) is 2. The summed E-state index contributed by atoms with van der Waals surface area (Å²) in [6.07, 6.45) is 5.69. The van der Waals surface area contributed by atoms with E-state index in [9.17, 15) is 0 Å². The summed E-state index contributed by atoms with van der Waals surface area (Å²) in [5.74, 6) is 1.26. The Labute approximate surface area is 105 Å². The summed E-state index contributed by atoms with van der Waals surface area (Å²) in [6.45, 7) is 0. The predicted molar refractivity (Wildman–Crippen MR) is 66.5 cm³/mol. The summed E-state index contributed by atoms with van der Waals surface area (Å²) < 4.78 is 5.79. The molecule has 5 nitrogen and oxygen atoms in total. The van der Waals surface area contributed by atoms with E-state index in [1.165, 1.54) is 6.42 Å². The minimum absolute atomic E-state index is 0.309. The molecule has 1 aromatic rings. The Morgan fingerprint density at radius 1 is 1.47 bits per heavy atom. The SMILES string of the molecule is CNc1ncc(Cl)c(NC2CC3CCC2O3)n1. The lowest BCUT2D eigenvalue weighted by Crippen LogP contribution is -2.31. The molecule has 0 aliphatic carbocycles. The van der Waals surface area contributed by atoms with Gasteiger partial charge in [-0.3, -0.25) is 0 Å². The predicted octanol–water partition coefficient (Wildman–Crippen LogP) is 1.90. The molecule has 0 saturated carbocycles. The standard InChI is InChI=1S/C11H15ClN4O/c1-13-11-14-5-7(12)10(16-11)15-8-4-6-2-3-9(8)17-6/h5-6,8-9H,2-4H2,1H3,(H2,13,14,15,16). The fraction of sp³-hybridized carbons (Fsp3) is 0.636. The molecule has 2 aliphatic heterocycles. The Bertz CT molecular complexity index is 428. The maximum atomic E-state index is 6.08. The number of anilines is 2. The smallest absolute Gasteiger partial charge is 0.224 e. The Hall–Kier alpha value is -1.07. The minimum atomic E-state index is 0.309. The quantitative estimate of drug-likeness (QED) is 0.863. The summed E-state index contributed by atoms with van der Waals surface area (Å²) in [6, 6.07) is 0.325. The van der Waals surface area contributed by atoms with Crippen molar-refractivity contribution in [1.29, 1.82) is 0 Å². The van der Waals surface area contributed by atoms with E-state index in [0.29, 0.717) is 35.0 Å². The fourth-order valence-corrected chi connectivity index (χ4v) is 2.70. The number of hydrogen-bond donors (Lipinski definition) is 2. The monoisotopic (exact) mass is 254 g/mol. The first-order valence-corrected chi connectivity index (χ1v) is 6.26. The largest absolute Gasteiger partial charge is 0.373 e. The lowest BCUT2D eigenvalue weighted by Gasteiger charge is -2.21. The molecule has 2 bridgehead atoms. The molecule has 3 heterocycles. The van der Waals surface area contributed by atoms with Crippen molar-refractivity contribution in [2.45, 2.75) is 37.5 Å². The number of rotatable bonds is 3. The van der Waals surface area contributed by atoms with Gasteiger partial charge >= 0.3 is 0 Å². The molecule has 3 atom stereocenters. The highest BCUT2D eigenvalue weighted by atomic mass is 35.5. The number of nitrogens with one attached hydrogen (secondary N) is 2. The van der Waals surface area contributed by atoms with Crippen LogP contribution >= 0.6 is 11.6 Å². The molecule has 0 amide bonds. The van der Waals surface area contributed by atoms with Crippen molar-refractivity contribution in [2.24, 2.45) is 0 Å². The maximum Gasteiger partial charge on any atom is 0.224 e. The first kappa shape index (κ1) is 11.0. The van der Waals surface area contributed by atoms with Crippen molar-refractivity contribution < 1.29 is 4.74 Å². The lowest BCUT2D eigenvalue weighted by molar-refractivity contribution is 0.102. The second kappa shape index (κ2) is 4.31. The van der Waals surface area contributed by atoms with Gasteiger partial charge < -0.3 is 15.4 Å². The van der Waals surface area contributed by atoms with E-state index in [1.54, 1.807) is 13.2 Å². The first-order chi connectivity index (χ1) is 8.26. The van der Waals surface area contributed by atoms with Crippen molar-refractivity contribution in [3.05, 3.63) is 11.2 Å². The molecule has 0 aromatic carbocycles. The Morgan fingerprint density at radius 3 is 3.00 bits per heavy atom. The van der Waals surface area contributed by atoms with Crippen molar-refractivity contribution in [1.82, 2.24) is 9.97 Å². The van der Waals surface area contributed by atoms with Gasteiger partial charge in [-0.05, 0) is 19.3 Å². The summed E-state index contributed by atoms with van der Waals surface area (Å²) in [5.41, 5.74) is 0. The van der Waals surface area contributed by atoms with Crippen LogP contribution < -0.4 is 10.6 Å². The van der Waals surface area contributed by atoms with Gasteiger partial charge in [-0.25, -0.2) is 4.98 Å². The van der Waals surface area contributed by atoms with Gasteiger partial charge in [0.2, 0.25) is 5.95 Å². The first-order valence-electron chi connectivity index (χ1n) is 5.88. The molecular formula is C11H15ClN4O. The molecule has 3 rings (SSSR count). The molecule has 0 radical (unpaired) electrons. The normalized spacial score (nSPS) is 30.6. The van der Waals surface area contributed by atoms with Crippen LogP contribution in [0, 0.1) is 0 Å². The van der Waals surface area contributed by atoms with E-state index < -0.39 is 0 Å². The number of aromatic nitrogens is 2. The number of hydrogen-bond acceptors (Lipinski definition) is 5. The summed E-state index contributed by atoms with van der Waals surface area (Å²) in [5, 5.41) is 6.82. The van der Waals surface area contributed by atoms with E-state index in [0.717, 1.165) is 12.8 Å². The van der Waals surface area contributed by atoms with Crippen LogP contribution in [0.25, 0.3) is 0 Å². The van der Waals surface area contributed by atoms with Gasteiger partial charge in [-0.15, -0.1) is 0 Å². The lowest BCUT2D eigenvalue weighted by atomic mass is 9.95. The zero-order chi connectivity index (χ0) is 11.8. The molecule has 17 heavy (non-hydrogen) atoms. The highest BCUT2D eigenvalue weighted by Crippen LogP contribution is 2.36. The zero-order valence-electron chi connectivity index (χ0n) is 9.61. The highest BCUT2D eigenvalue weighted by Gasteiger charge is 2.41. The van der Waals surface area contributed by atoms with E-state index in [4.69, 9.17) is 16.3 Å². The van der Waals surface area contributed by atoms with Gasteiger partial charge in [0, 0.05) is 7.05 Å². The second-order valence-electron chi connectivity index (χ2n) is 4.50. The van der Waals surface area contributed by atoms with Crippen LogP contribution in [0.2, 0.25) is 5.02 Å².